The summed E-state index contributed by atoms with van der Waals surface area (Å²) >= 11 is 0. The average molecular weight is 313 g/mol. The van der Waals surface area contributed by atoms with Gasteiger partial charge in [-0.05, 0) is 0 Å². The van der Waals surface area contributed by atoms with E-state index in [1.165, 1.54) is 6.33 Å². The molecule has 0 bridgehead atoms. The molecule has 0 saturated heterocycles. The molecular formula is C15H15N5O3. The van der Waals surface area contributed by atoms with Crippen molar-refractivity contribution in [3.05, 3.63) is 37.1 Å². The van der Waals surface area contributed by atoms with E-state index < -0.39 is 0 Å². The molecule has 0 fully saturated rings. The topological polar surface area (TPSA) is 84.2 Å². The summed E-state index contributed by atoms with van der Waals surface area (Å²) in [5, 5.41) is 8.10. The van der Waals surface area contributed by atoms with Crippen molar-refractivity contribution in [2.45, 2.75) is 0 Å². The fourth-order valence-electron chi connectivity index (χ4n) is 2.24. The Kier molecular flexibility index (Phi) is 4.05. The van der Waals surface area contributed by atoms with Crippen LogP contribution in [0.15, 0.2) is 37.1 Å². The number of methoxy groups -OCH3 is 3. The van der Waals surface area contributed by atoms with E-state index in [4.69, 9.17) is 14.2 Å². The highest BCUT2D eigenvalue weighted by Crippen LogP contribution is 2.39. The number of hydrogen-bond acceptors (Lipinski definition) is 7. The highest BCUT2D eigenvalue weighted by atomic mass is 16.5. The normalized spacial score (nSPS) is 10.4. The van der Waals surface area contributed by atoms with Gasteiger partial charge in [-0.15, -0.1) is 5.10 Å². The van der Waals surface area contributed by atoms with Crippen LogP contribution in [0.25, 0.3) is 16.9 Å². The van der Waals surface area contributed by atoms with Crippen LogP contribution < -0.4 is 14.2 Å². The Morgan fingerprint density at radius 2 is 1.52 bits per heavy atom. The first-order valence-corrected chi connectivity index (χ1v) is 6.75. The lowest BCUT2D eigenvalue weighted by Crippen LogP contribution is -2.03. The fourth-order valence-corrected chi connectivity index (χ4v) is 2.24. The summed E-state index contributed by atoms with van der Waals surface area (Å²) in [6.07, 6.45) is 6.50. The van der Waals surface area contributed by atoms with E-state index in [0.717, 1.165) is 16.9 Å². The van der Waals surface area contributed by atoms with Crippen molar-refractivity contribution in [1.29, 1.82) is 0 Å². The quantitative estimate of drug-likeness (QED) is 0.709. The third-order valence-corrected chi connectivity index (χ3v) is 3.30. The molecule has 3 aromatic rings. The first-order chi connectivity index (χ1) is 11.3. The van der Waals surface area contributed by atoms with Crippen molar-refractivity contribution in [3.63, 3.8) is 0 Å². The summed E-state index contributed by atoms with van der Waals surface area (Å²) in [5.74, 6) is 1.59. The molecule has 8 nitrogen and oxygen atoms in total. The number of aromatic nitrogens is 5. The van der Waals surface area contributed by atoms with Crippen molar-refractivity contribution in [3.8, 4) is 34.2 Å². The maximum absolute atomic E-state index is 5.37. The molecule has 0 aliphatic carbocycles. The van der Waals surface area contributed by atoms with Gasteiger partial charge in [0, 0.05) is 30.1 Å². The summed E-state index contributed by atoms with van der Waals surface area (Å²) in [4.78, 5) is 8.04. The molecule has 0 radical (unpaired) electrons. The Bertz CT molecular complexity index is 779. The zero-order valence-electron chi connectivity index (χ0n) is 12.9. The zero-order valence-corrected chi connectivity index (χ0v) is 12.9. The molecule has 0 unspecified atom stereocenters. The molecule has 0 amide bonds. The van der Waals surface area contributed by atoms with Gasteiger partial charge in [-0.2, -0.15) is 0 Å². The minimum atomic E-state index is 0.517. The summed E-state index contributed by atoms with van der Waals surface area (Å²) in [6, 6.07) is 3.59. The van der Waals surface area contributed by atoms with E-state index >= 15 is 0 Å². The summed E-state index contributed by atoms with van der Waals surface area (Å²) < 4.78 is 17.7. The predicted molar refractivity (Wildman–Crippen MR) is 82.0 cm³/mol. The minimum absolute atomic E-state index is 0.517. The summed E-state index contributed by atoms with van der Waals surface area (Å²) in [7, 11) is 4.69. The Morgan fingerprint density at radius 3 is 2.09 bits per heavy atom. The van der Waals surface area contributed by atoms with Crippen LogP contribution in [0.3, 0.4) is 0 Å². The van der Waals surface area contributed by atoms with Gasteiger partial charge in [0.1, 0.15) is 6.33 Å². The van der Waals surface area contributed by atoms with Gasteiger partial charge in [-0.3, -0.25) is 0 Å². The second-order valence-electron chi connectivity index (χ2n) is 4.54. The molecule has 8 heteroatoms. The summed E-state index contributed by atoms with van der Waals surface area (Å²) in [5.41, 5.74) is 2.27. The highest BCUT2D eigenvalue weighted by Gasteiger charge is 2.17. The van der Waals surface area contributed by atoms with Crippen LogP contribution in [0.1, 0.15) is 0 Å². The van der Waals surface area contributed by atoms with E-state index in [9.17, 15) is 0 Å². The van der Waals surface area contributed by atoms with Crippen LogP contribution in [0.2, 0.25) is 0 Å². The Hall–Kier alpha value is -3.16. The molecule has 0 aliphatic rings. The third-order valence-electron chi connectivity index (χ3n) is 3.30. The molecule has 0 atom stereocenters. The Labute approximate surface area is 132 Å². The monoisotopic (exact) mass is 313 g/mol. The van der Waals surface area contributed by atoms with Crippen molar-refractivity contribution in [1.82, 2.24) is 25.0 Å². The molecule has 2 aromatic heterocycles. The lowest BCUT2D eigenvalue weighted by molar-refractivity contribution is 0.324. The van der Waals surface area contributed by atoms with E-state index in [0.29, 0.717) is 17.2 Å². The molecule has 0 spiro atoms. The van der Waals surface area contributed by atoms with Gasteiger partial charge < -0.3 is 14.2 Å². The van der Waals surface area contributed by atoms with Gasteiger partial charge in [0.2, 0.25) is 5.75 Å². The lowest BCUT2D eigenvalue weighted by atomic mass is 10.2. The largest absolute Gasteiger partial charge is 0.493 e. The maximum Gasteiger partial charge on any atom is 0.203 e. The van der Waals surface area contributed by atoms with Gasteiger partial charge in [0.15, 0.2) is 11.5 Å². The van der Waals surface area contributed by atoms with E-state index in [1.54, 1.807) is 56.7 Å². The molecule has 0 N–H and O–H groups in total. The van der Waals surface area contributed by atoms with E-state index in [2.05, 4.69) is 20.3 Å². The molecular weight excluding hydrogens is 298 g/mol. The molecule has 23 heavy (non-hydrogen) atoms. The van der Waals surface area contributed by atoms with Gasteiger partial charge in [-0.1, -0.05) is 5.21 Å². The number of ether oxygens (including phenoxy) is 3. The first-order valence-electron chi connectivity index (χ1n) is 6.75. The third kappa shape index (κ3) is 2.66. The van der Waals surface area contributed by atoms with Gasteiger partial charge in [0.25, 0.3) is 0 Å². The van der Waals surface area contributed by atoms with Crippen molar-refractivity contribution in [2.24, 2.45) is 0 Å². The average Bonchev–Trinajstić information content (AvgIpc) is 3.10. The zero-order chi connectivity index (χ0) is 16.2. The van der Waals surface area contributed by atoms with Crippen LogP contribution in [0.4, 0.5) is 0 Å². The van der Waals surface area contributed by atoms with Crippen LogP contribution in [-0.4, -0.2) is 46.3 Å². The van der Waals surface area contributed by atoms with Crippen molar-refractivity contribution >= 4 is 0 Å². The minimum Gasteiger partial charge on any atom is -0.493 e. The fraction of sp³-hybridized carbons (Fsp3) is 0.200. The van der Waals surface area contributed by atoms with Crippen LogP contribution in [0.5, 0.6) is 17.2 Å². The van der Waals surface area contributed by atoms with Crippen LogP contribution in [0, 0.1) is 0 Å². The van der Waals surface area contributed by atoms with Gasteiger partial charge >= 0.3 is 0 Å². The molecule has 0 saturated carbocycles. The van der Waals surface area contributed by atoms with Gasteiger partial charge in [0.05, 0.1) is 38.9 Å². The predicted octanol–water partition coefficient (Wildman–Crippen LogP) is 1.75. The number of benzene rings is 1. The maximum atomic E-state index is 5.37. The molecule has 3 rings (SSSR count). The second kappa shape index (κ2) is 6.30. The molecule has 2 heterocycles. The molecule has 1 aromatic carbocycles. The SMILES string of the molecule is COc1cc(-n2nncc2-c2cncnc2)cc(OC)c1OC. The van der Waals surface area contributed by atoms with Crippen LogP contribution >= 0.6 is 0 Å². The number of rotatable bonds is 5. The number of hydrogen-bond donors (Lipinski definition) is 0. The van der Waals surface area contributed by atoms with Gasteiger partial charge in [-0.25, -0.2) is 14.6 Å². The second-order valence-corrected chi connectivity index (χ2v) is 4.54. The molecule has 118 valence electrons. The number of nitrogens with zero attached hydrogens (tertiary/aromatic N) is 5. The highest BCUT2D eigenvalue weighted by molar-refractivity contribution is 5.63. The van der Waals surface area contributed by atoms with Crippen molar-refractivity contribution in [2.75, 3.05) is 21.3 Å². The van der Waals surface area contributed by atoms with E-state index in [1.807, 2.05) is 0 Å². The Balaban J connectivity index is 2.15. The lowest BCUT2D eigenvalue weighted by Gasteiger charge is -2.14. The summed E-state index contributed by atoms with van der Waals surface area (Å²) in [6.45, 7) is 0. The van der Waals surface area contributed by atoms with Crippen LogP contribution in [-0.2, 0) is 0 Å². The standard InChI is InChI=1S/C15H15N5O3/c1-21-13-4-11(5-14(22-2)15(13)23-3)20-12(8-18-19-20)10-6-16-9-17-7-10/h4-9H,1-3H3. The first kappa shape index (κ1) is 14.8. The smallest absolute Gasteiger partial charge is 0.203 e. The Morgan fingerprint density at radius 1 is 0.870 bits per heavy atom. The van der Waals surface area contributed by atoms with E-state index in [-0.39, 0.29) is 0 Å². The molecule has 0 aliphatic heterocycles. The van der Waals surface area contributed by atoms with Crippen molar-refractivity contribution < 1.29 is 14.2 Å².